The molecule has 0 saturated carbocycles. The van der Waals surface area contributed by atoms with Crippen LogP contribution in [0.1, 0.15) is 27.9 Å². The van der Waals surface area contributed by atoms with E-state index < -0.39 is 0 Å². The number of carbonyl (C=O) groups is 2. The number of nitrogens with zero attached hydrogens (tertiary/aromatic N) is 1. The van der Waals surface area contributed by atoms with E-state index in [1.165, 1.54) is 6.07 Å². The summed E-state index contributed by atoms with van der Waals surface area (Å²) < 4.78 is 0. The minimum Gasteiger partial charge on any atom is -0.352 e. The lowest BCUT2D eigenvalue weighted by molar-refractivity contribution is -0.120. The molecule has 2 aromatic rings. The summed E-state index contributed by atoms with van der Waals surface area (Å²) in [5, 5.41) is 5.32. The van der Waals surface area contributed by atoms with Crippen LogP contribution in [-0.4, -0.2) is 18.4 Å². The average molecular weight is 389 g/mol. The molecule has 0 aliphatic carbocycles. The number of nitrogens with one attached hydrogen (secondary N) is 1. The molecule has 2 aromatic carbocycles. The lowest BCUT2D eigenvalue weighted by Gasteiger charge is -2.14. The van der Waals surface area contributed by atoms with E-state index >= 15 is 0 Å². The minimum atomic E-state index is -0.344. The monoisotopic (exact) mass is 388 g/mol. The van der Waals surface area contributed by atoms with Gasteiger partial charge in [-0.25, -0.2) is 4.99 Å². The summed E-state index contributed by atoms with van der Waals surface area (Å²) in [7, 11) is 0. The summed E-state index contributed by atoms with van der Waals surface area (Å²) in [5.41, 5.74) is 2.43. The molecule has 1 unspecified atom stereocenters. The van der Waals surface area contributed by atoms with Crippen molar-refractivity contribution in [3.8, 4) is 0 Å². The van der Waals surface area contributed by atoms with Gasteiger partial charge in [0, 0.05) is 16.8 Å². The second-order valence-electron chi connectivity index (χ2n) is 6.35. The van der Waals surface area contributed by atoms with Crippen LogP contribution < -0.4 is 15.9 Å². The third-order valence-corrected chi connectivity index (χ3v) is 5.01. The van der Waals surface area contributed by atoms with Crippen LogP contribution in [0.15, 0.2) is 35.3 Å². The topological polar surface area (TPSA) is 58.5 Å². The third-order valence-electron chi connectivity index (χ3n) is 4.46. The Morgan fingerprint density at radius 1 is 1.15 bits per heavy atom. The zero-order valence-corrected chi connectivity index (χ0v) is 16.0. The van der Waals surface area contributed by atoms with Gasteiger partial charge in [-0.1, -0.05) is 41.4 Å². The highest BCUT2D eigenvalue weighted by atomic mass is 35.5. The summed E-state index contributed by atoms with van der Waals surface area (Å²) in [6, 6.07) is 8.71. The maximum atomic E-state index is 12.3. The van der Waals surface area contributed by atoms with Gasteiger partial charge in [0.25, 0.3) is 11.8 Å². The summed E-state index contributed by atoms with van der Waals surface area (Å²) in [4.78, 5) is 28.8. The summed E-state index contributed by atoms with van der Waals surface area (Å²) in [5.74, 6) is -0.812. The lowest BCUT2D eigenvalue weighted by Crippen LogP contribution is -2.38. The number of hydrogen-bond donors (Lipinski definition) is 1. The number of aryl methyl sites for hydroxylation is 2. The van der Waals surface area contributed by atoms with E-state index in [4.69, 9.17) is 23.2 Å². The molecule has 0 radical (unpaired) electrons. The molecule has 0 aromatic heterocycles. The zero-order valence-electron chi connectivity index (χ0n) is 14.5. The van der Waals surface area contributed by atoms with E-state index in [1.807, 2.05) is 32.1 Å². The Morgan fingerprint density at radius 3 is 2.62 bits per heavy atom. The molecule has 26 heavy (non-hydrogen) atoms. The molecule has 0 bridgehead atoms. The van der Waals surface area contributed by atoms with Gasteiger partial charge in [0.05, 0.1) is 21.9 Å². The lowest BCUT2D eigenvalue weighted by atomic mass is 9.97. The Balaban J connectivity index is 1.70. The van der Waals surface area contributed by atoms with Crippen LogP contribution in [0.25, 0.3) is 6.08 Å². The number of carbonyl (C=O) groups excluding carboxylic acids is 2. The molecule has 4 nitrogen and oxygen atoms in total. The van der Waals surface area contributed by atoms with Gasteiger partial charge >= 0.3 is 0 Å². The minimum absolute atomic E-state index is 0.176. The predicted molar refractivity (Wildman–Crippen MR) is 103 cm³/mol. The fourth-order valence-electron chi connectivity index (χ4n) is 2.96. The molecule has 1 aliphatic rings. The molecule has 0 saturated heterocycles. The van der Waals surface area contributed by atoms with E-state index in [-0.39, 0.29) is 17.7 Å². The van der Waals surface area contributed by atoms with Gasteiger partial charge in [0.15, 0.2) is 0 Å². The molecular formula is C20H18Cl2N2O2. The van der Waals surface area contributed by atoms with Gasteiger partial charge in [-0.3, -0.25) is 9.59 Å². The zero-order chi connectivity index (χ0) is 18.8. The van der Waals surface area contributed by atoms with E-state index in [0.29, 0.717) is 28.6 Å². The van der Waals surface area contributed by atoms with E-state index in [1.54, 1.807) is 12.1 Å². The van der Waals surface area contributed by atoms with Crippen molar-refractivity contribution >= 4 is 41.1 Å². The highest BCUT2D eigenvalue weighted by Crippen LogP contribution is 2.21. The molecule has 3 rings (SSSR count). The molecule has 1 heterocycles. The average Bonchev–Trinajstić information content (AvgIpc) is 2.59. The first kappa shape index (κ1) is 18.6. The second-order valence-corrected chi connectivity index (χ2v) is 7.20. The van der Waals surface area contributed by atoms with Gasteiger partial charge in [0.2, 0.25) is 0 Å². The molecule has 0 spiro atoms. The summed E-state index contributed by atoms with van der Waals surface area (Å²) in [6.07, 6.45) is 2.43. The number of fused-ring (bicyclic) bond motifs is 1. The summed E-state index contributed by atoms with van der Waals surface area (Å²) >= 11 is 11.9. The van der Waals surface area contributed by atoms with Gasteiger partial charge in [0.1, 0.15) is 0 Å². The first-order valence-electron chi connectivity index (χ1n) is 8.30. The Labute approximate surface area is 161 Å². The molecule has 1 atom stereocenters. The van der Waals surface area contributed by atoms with Crippen LogP contribution in [0.5, 0.6) is 0 Å². The van der Waals surface area contributed by atoms with Crippen LogP contribution in [0.3, 0.4) is 0 Å². The van der Waals surface area contributed by atoms with Gasteiger partial charge in [-0.15, -0.1) is 0 Å². The van der Waals surface area contributed by atoms with Crippen molar-refractivity contribution in [3.63, 3.8) is 0 Å². The van der Waals surface area contributed by atoms with Crippen LogP contribution in [-0.2, 0) is 4.79 Å². The molecule has 0 fully saturated rings. The number of halogens is 2. The highest BCUT2D eigenvalue weighted by Gasteiger charge is 2.20. The van der Waals surface area contributed by atoms with E-state index in [0.717, 1.165) is 21.7 Å². The standard InChI is InChI=1S/C20H18Cl2N2O2/c1-11-3-4-12(2)18-16(11)9-13(19(25)24-18)7-8-23-20(26)15-6-5-14(21)10-17(15)22/h3-6,9-10,13H,7-8H2,1-2H3,(H,23,26). The van der Waals surface area contributed by atoms with E-state index in [2.05, 4.69) is 10.3 Å². The molecule has 1 aliphatic heterocycles. The van der Waals surface area contributed by atoms with Gasteiger partial charge in [-0.05, 0) is 49.6 Å². The van der Waals surface area contributed by atoms with Crippen LogP contribution in [0, 0.1) is 19.8 Å². The number of benzene rings is 2. The molecule has 1 N–H and O–H groups in total. The fourth-order valence-corrected chi connectivity index (χ4v) is 3.45. The normalized spacial score (nSPS) is 15.7. The molecule has 6 heteroatoms. The predicted octanol–water partition coefficient (Wildman–Crippen LogP) is 2.99. The Morgan fingerprint density at radius 2 is 1.88 bits per heavy atom. The molecule has 2 amide bonds. The SMILES string of the molecule is Cc1ccc(C)c2c1=CC(CCNC(=O)c1ccc(Cl)cc1Cl)C(=O)N=2. The van der Waals surface area contributed by atoms with Gasteiger partial charge < -0.3 is 5.32 Å². The number of hydrogen-bond acceptors (Lipinski definition) is 2. The Bertz CT molecular complexity index is 1020. The van der Waals surface area contributed by atoms with Crippen molar-refractivity contribution in [3.05, 3.63) is 67.6 Å². The Kier molecular flexibility index (Phi) is 5.44. The summed E-state index contributed by atoms with van der Waals surface area (Å²) in [6.45, 7) is 4.29. The first-order chi connectivity index (χ1) is 12.4. The van der Waals surface area contributed by atoms with Crippen molar-refractivity contribution in [2.45, 2.75) is 20.3 Å². The fraction of sp³-hybridized carbons (Fsp3) is 0.250. The van der Waals surface area contributed by atoms with Crippen LogP contribution in [0.4, 0.5) is 0 Å². The molecular weight excluding hydrogens is 371 g/mol. The number of amides is 2. The largest absolute Gasteiger partial charge is 0.352 e. The second kappa shape index (κ2) is 7.60. The third kappa shape index (κ3) is 3.81. The van der Waals surface area contributed by atoms with Crippen molar-refractivity contribution in [2.75, 3.05) is 6.54 Å². The van der Waals surface area contributed by atoms with Crippen molar-refractivity contribution in [2.24, 2.45) is 10.9 Å². The van der Waals surface area contributed by atoms with Crippen molar-refractivity contribution < 1.29 is 9.59 Å². The van der Waals surface area contributed by atoms with Crippen molar-refractivity contribution in [1.82, 2.24) is 5.32 Å². The van der Waals surface area contributed by atoms with Crippen LogP contribution >= 0.6 is 23.2 Å². The highest BCUT2D eigenvalue weighted by molar-refractivity contribution is 6.36. The van der Waals surface area contributed by atoms with E-state index in [9.17, 15) is 9.59 Å². The smallest absolute Gasteiger partial charge is 0.253 e. The maximum Gasteiger partial charge on any atom is 0.253 e. The van der Waals surface area contributed by atoms with Gasteiger partial charge in [-0.2, -0.15) is 0 Å². The quantitative estimate of drug-likeness (QED) is 0.874. The Hall–Kier alpha value is -2.17. The van der Waals surface area contributed by atoms with Crippen molar-refractivity contribution in [1.29, 1.82) is 0 Å². The maximum absolute atomic E-state index is 12.3. The first-order valence-corrected chi connectivity index (χ1v) is 9.06. The van der Waals surface area contributed by atoms with Crippen LogP contribution in [0.2, 0.25) is 10.0 Å². The molecule has 134 valence electrons. The number of rotatable bonds is 4.